The van der Waals surface area contributed by atoms with Crippen molar-refractivity contribution in [2.75, 3.05) is 7.05 Å². The molecule has 0 atom stereocenters. The zero-order valence-electron chi connectivity index (χ0n) is 14.0. The molecule has 2 aromatic heterocycles. The van der Waals surface area contributed by atoms with Gasteiger partial charge in [-0.3, -0.25) is 14.7 Å². The van der Waals surface area contributed by atoms with Gasteiger partial charge in [-0.25, -0.2) is 5.10 Å². The zero-order chi connectivity index (χ0) is 16.9. The first-order chi connectivity index (χ1) is 11.6. The maximum Gasteiger partial charge on any atom is 0.264 e. The smallest absolute Gasteiger partial charge is 0.264 e. The van der Waals surface area contributed by atoms with E-state index in [9.17, 15) is 9.59 Å². The number of hydrogen-bond acceptors (Lipinski definition) is 4. The van der Waals surface area contributed by atoms with Crippen molar-refractivity contribution in [2.24, 2.45) is 0 Å². The Hall–Kier alpha value is -2.44. The number of amides is 1. The van der Waals surface area contributed by atoms with Crippen LogP contribution in [0.5, 0.6) is 0 Å². The number of hydrogen-bond donors (Lipinski definition) is 2. The molecule has 0 fully saturated rings. The average molecular weight is 329 g/mol. The molecular weight excluding hydrogens is 306 g/mol. The number of H-pyrrole nitrogens is 2. The summed E-state index contributed by atoms with van der Waals surface area (Å²) in [5.74, 6) is 0.0494. The highest BCUT2D eigenvalue weighted by Crippen LogP contribution is 2.22. The molecule has 0 aromatic carbocycles. The lowest BCUT2D eigenvalue weighted by molar-refractivity contribution is -0.130. The van der Waals surface area contributed by atoms with Crippen LogP contribution in [0.4, 0.5) is 0 Å². The molecule has 0 saturated carbocycles. The number of carbonyl (C=O) groups is 1. The van der Waals surface area contributed by atoms with Crippen LogP contribution >= 0.6 is 0 Å². The summed E-state index contributed by atoms with van der Waals surface area (Å²) in [6, 6.07) is 3.08. The van der Waals surface area contributed by atoms with Gasteiger partial charge in [-0.1, -0.05) is 6.42 Å². The second-order valence-electron chi connectivity index (χ2n) is 6.35. The summed E-state index contributed by atoms with van der Waals surface area (Å²) < 4.78 is 0. The van der Waals surface area contributed by atoms with Crippen molar-refractivity contribution in [2.45, 2.75) is 51.5 Å². The molecule has 2 heterocycles. The minimum atomic E-state index is -0.235. The summed E-state index contributed by atoms with van der Waals surface area (Å²) in [6.07, 6.45) is 6.62. The van der Waals surface area contributed by atoms with Gasteiger partial charge >= 0.3 is 0 Å². The van der Waals surface area contributed by atoms with E-state index in [4.69, 9.17) is 0 Å². The van der Waals surface area contributed by atoms with Crippen LogP contribution in [0.2, 0.25) is 0 Å². The number of carbonyl (C=O) groups excluding carboxylic acids is 1. The summed E-state index contributed by atoms with van der Waals surface area (Å²) in [7, 11) is 1.81. The zero-order valence-corrected chi connectivity index (χ0v) is 14.0. The van der Waals surface area contributed by atoms with Crippen molar-refractivity contribution in [3.63, 3.8) is 0 Å². The van der Waals surface area contributed by atoms with E-state index >= 15 is 0 Å². The normalized spacial score (nSPS) is 14.0. The van der Waals surface area contributed by atoms with Crippen LogP contribution in [0, 0.1) is 0 Å². The predicted molar refractivity (Wildman–Crippen MR) is 89.5 cm³/mol. The molecule has 0 radical (unpaired) electrons. The third-order valence-electron chi connectivity index (χ3n) is 4.54. The SMILES string of the molecule is CN(Cc1n[nH]c2c1CCCCC2)C(=O)CCc1ccc(=O)[nH]n1. The Morgan fingerprint density at radius 3 is 2.79 bits per heavy atom. The number of aromatic nitrogens is 4. The average Bonchev–Trinajstić information content (AvgIpc) is 2.81. The Morgan fingerprint density at radius 1 is 1.17 bits per heavy atom. The second kappa shape index (κ2) is 7.42. The second-order valence-corrected chi connectivity index (χ2v) is 6.35. The molecule has 3 rings (SSSR count). The van der Waals surface area contributed by atoms with Gasteiger partial charge in [0.1, 0.15) is 0 Å². The van der Waals surface area contributed by atoms with Crippen molar-refractivity contribution in [3.8, 4) is 0 Å². The molecule has 1 aliphatic rings. The van der Waals surface area contributed by atoms with Gasteiger partial charge in [-0.2, -0.15) is 10.2 Å². The minimum absolute atomic E-state index is 0.0494. The van der Waals surface area contributed by atoms with E-state index in [2.05, 4.69) is 20.4 Å². The lowest BCUT2D eigenvalue weighted by Gasteiger charge is -2.16. The highest BCUT2D eigenvalue weighted by molar-refractivity contribution is 5.76. The Labute approximate surface area is 140 Å². The number of nitrogens with one attached hydrogen (secondary N) is 2. The highest BCUT2D eigenvalue weighted by atomic mass is 16.2. The summed E-state index contributed by atoms with van der Waals surface area (Å²) in [5, 5.41) is 13.9. The third kappa shape index (κ3) is 3.90. The quantitative estimate of drug-likeness (QED) is 0.810. The van der Waals surface area contributed by atoms with Crippen LogP contribution in [-0.4, -0.2) is 38.2 Å². The van der Waals surface area contributed by atoms with Crippen molar-refractivity contribution >= 4 is 5.91 Å². The summed E-state index contributed by atoms with van der Waals surface area (Å²) in [4.78, 5) is 25.0. The maximum absolute atomic E-state index is 12.3. The van der Waals surface area contributed by atoms with E-state index < -0.39 is 0 Å². The van der Waals surface area contributed by atoms with Crippen LogP contribution in [0.3, 0.4) is 0 Å². The monoisotopic (exact) mass is 329 g/mol. The summed E-state index contributed by atoms with van der Waals surface area (Å²) in [5.41, 5.74) is 4.01. The molecule has 2 aromatic rings. The maximum atomic E-state index is 12.3. The lowest BCUT2D eigenvalue weighted by atomic mass is 10.1. The Kier molecular flexibility index (Phi) is 5.08. The van der Waals surface area contributed by atoms with E-state index in [1.165, 1.54) is 36.6 Å². The fourth-order valence-corrected chi connectivity index (χ4v) is 3.11. The molecule has 0 bridgehead atoms. The van der Waals surface area contributed by atoms with Gasteiger partial charge in [0, 0.05) is 31.6 Å². The van der Waals surface area contributed by atoms with Crippen molar-refractivity contribution in [3.05, 3.63) is 45.1 Å². The van der Waals surface area contributed by atoms with Gasteiger partial charge < -0.3 is 4.90 Å². The van der Waals surface area contributed by atoms with Crippen molar-refractivity contribution in [1.82, 2.24) is 25.3 Å². The summed E-state index contributed by atoms with van der Waals surface area (Å²) in [6.45, 7) is 0.531. The first-order valence-corrected chi connectivity index (χ1v) is 8.47. The van der Waals surface area contributed by atoms with Crippen LogP contribution < -0.4 is 5.56 Å². The largest absolute Gasteiger partial charge is 0.340 e. The van der Waals surface area contributed by atoms with Gasteiger partial charge in [0.25, 0.3) is 5.56 Å². The van der Waals surface area contributed by atoms with Crippen LogP contribution in [0.15, 0.2) is 16.9 Å². The molecule has 128 valence electrons. The fraction of sp³-hybridized carbons (Fsp3) is 0.529. The molecule has 1 aliphatic carbocycles. The predicted octanol–water partition coefficient (Wildman–Crippen LogP) is 1.35. The first kappa shape index (κ1) is 16.4. The summed E-state index contributed by atoms with van der Waals surface area (Å²) >= 11 is 0. The number of aromatic amines is 2. The fourth-order valence-electron chi connectivity index (χ4n) is 3.11. The van der Waals surface area contributed by atoms with Crippen LogP contribution in [0.1, 0.15) is 48.3 Å². The molecule has 24 heavy (non-hydrogen) atoms. The molecule has 1 amide bonds. The first-order valence-electron chi connectivity index (χ1n) is 8.47. The van der Waals surface area contributed by atoms with Gasteiger partial charge in [0.2, 0.25) is 5.91 Å². The highest BCUT2D eigenvalue weighted by Gasteiger charge is 2.18. The third-order valence-corrected chi connectivity index (χ3v) is 4.54. The van der Waals surface area contributed by atoms with Crippen LogP contribution in [-0.2, 0) is 30.6 Å². The standard InChI is InChI=1S/C17H23N5O2/c1-22(17(24)10-8-12-7-9-16(23)21-18-12)11-15-13-5-3-2-4-6-14(13)19-20-15/h7,9H,2-6,8,10-11H2,1H3,(H,19,20)(H,21,23). The van der Waals surface area contributed by atoms with E-state index in [1.807, 2.05) is 0 Å². The molecule has 0 aliphatic heterocycles. The number of aryl methyl sites for hydroxylation is 2. The van der Waals surface area contributed by atoms with E-state index in [0.717, 1.165) is 18.5 Å². The molecule has 0 saturated heterocycles. The topological polar surface area (TPSA) is 94.7 Å². The van der Waals surface area contributed by atoms with E-state index in [0.29, 0.717) is 25.1 Å². The number of fused-ring (bicyclic) bond motifs is 1. The molecule has 2 N–H and O–H groups in total. The van der Waals surface area contributed by atoms with Gasteiger partial charge in [0.05, 0.1) is 17.9 Å². The van der Waals surface area contributed by atoms with E-state index in [1.54, 1.807) is 18.0 Å². The van der Waals surface area contributed by atoms with Gasteiger partial charge in [-0.15, -0.1) is 0 Å². The number of nitrogens with zero attached hydrogens (tertiary/aromatic N) is 3. The number of rotatable bonds is 5. The lowest BCUT2D eigenvalue weighted by Crippen LogP contribution is -2.27. The van der Waals surface area contributed by atoms with Crippen molar-refractivity contribution < 1.29 is 4.79 Å². The van der Waals surface area contributed by atoms with E-state index in [-0.39, 0.29) is 11.5 Å². The Morgan fingerprint density at radius 2 is 2.00 bits per heavy atom. The molecule has 0 unspecified atom stereocenters. The Balaban J connectivity index is 1.57. The van der Waals surface area contributed by atoms with Gasteiger partial charge in [0.15, 0.2) is 0 Å². The molecular formula is C17H23N5O2. The van der Waals surface area contributed by atoms with Gasteiger partial charge in [-0.05, 0) is 37.3 Å². The van der Waals surface area contributed by atoms with Crippen LogP contribution in [0.25, 0.3) is 0 Å². The molecule has 7 nitrogen and oxygen atoms in total. The molecule has 0 spiro atoms. The Bertz CT molecular complexity index is 744. The van der Waals surface area contributed by atoms with Crippen molar-refractivity contribution in [1.29, 1.82) is 0 Å². The minimum Gasteiger partial charge on any atom is -0.340 e. The molecule has 7 heteroatoms.